The minimum atomic E-state index is -0.489. The number of amides is 1. The number of hydrogen-bond donors (Lipinski definition) is 0. The van der Waals surface area contributed by atoms with Gasteiger partial charge in [0.25, 0.3) is 5.91 Å². The first kappa shape index (κ1) is 24.7. The number of nitrogens with zero attached hydrogens (tertiary/aromatic N) is 2. The molecular weight excluding hydrogens is 447 g/mol. The fraction of sp³-hybridized carbons (Fsp3) is 0.417. The van der Waals surface area contributed by atoms with Gasteiger partial charge in [-0.05, 0) is 52.0 Å². The van der Waals surface area contributed by atoms with E-state index >= 15 is 0 Å². The Morgan fingerprint density at radius 3 is 2.27 bits per heavy atom. The topological polar surface area (TPSA) is 71.3 Å². The highest BCUT2D eigenvalue weighted by Crippen LogP contribution is 2.39. The number of aromatic nitrogens is 1. The van der Waals surface area contributed by atoms with Gasteiger partial charge in [0.1, 0.15) is 5.82 Å². The maximum Gasteiger partial charge on any atom is 0.279 e. The summed E-state index contributed by atoms with van der Waals surface area (Å²) in [7, 11) is 0. The van der Waals surface area contributed by atoms with Crippen molar-refractivity contribution in [1.82, 2.24) is 4.57 Å². The third-order valence-electron chi connectivity index (χ3n) is 4.67. The van der Waals surface area contributed by atoms with E-state index in [2.05, 4.69) is 4.99 Å². The molecule has 0 aliphatic rings. The number of carbonyl (C=O) groups excluding carboxylic acids is 1. The molecule has 33 heavy (non-hydrogen) atoms. The molecule has 0 saturated heterocycles. The second kappa shape index (κ2) is 11.8. The number of rotatable bonds is 11. The lowest BCUT2D eigenvalue weighted by atomic mass is 10.1. The van der Waals surface area contributed by atoms with E-state index < -0.39 is 5.91 Å². The van der Waals surface area contributed by atoms with Crippen LogP contribution in [0.2, 0.25) is 0 Å². The van der Waals surface area contributed by atoms with Crippen LogP contribution >= 0.6 is 11.3 Å². The fourth-order valence-corrected chi connectivity index (χ4v) is 4.41. The third kappa shape index (κ3) is 5.72. The van der Waals surface area contributed by atoms with Crippen LogP contribution in [0, 0.1) is 5.82 Å². The number of para-hydroxylation sites is 1. The van der Waals surface area contributed by atoms with Crippen molar-refractivity contribution in [3.05, 3.63) is 46.5 Å². The molecule has 1 heterocycles. The van der Waals surface area contributed by atoms with E-state index in [1.807, 2.05) is 27.7 Å². The van der Waals surface area contributed by atoms with E-state index in [-0.39, 0.29) is 5.82 Å². The van der Waals surface area contributed by atoms with Crippen LogP contribution < -0.4 is 19.0 Å². The van der Waals surface area contributed by atoms with Gasteiger partial charge in [0.05, 0.1) is 36.6 Å². The molecule has 0 unspecified atom stereocenters. The van der Waals surface area contributed by atoms with Gasteiger partial charge in [0.2, 0.25) is 5.75 Å². The molecule has 0 fully saturated rings. The van der Waals surface area contributed by atoms with Gasteiger partial charge in [-0.3, -0.25) is 4.79 Å². The fourth-order valence-electron chi connectivity index (χ4n) is 3.34. The number of benzene rings is 2. The van der Waals surface area contributed by atoms with E-state index in [1.165, 1.54) is 17.4 Å². The van der Waals surface area contributed by atoms with Gasteiger partial charge in [-0.15, -0.1) is 0 Å². The van der Waals surface area contributed by atoms with Crippen molar-refractivity contribution >= 4 is 27.5 Å². The first-order chi connectivity index (χ1) is 16.0. The van der Waals surface area contributed by atoms with Gasteiger partial charge >= 0.3 is 0 Å². The van der Waals surface area contributed by atoms with Gasteiger partial charge in [0, 0.05) is 18.7 Å². The smallest absolute Gasteiger partial charge is 0.279 e. The van der Waals surface area contributed by atoms with Crippen LogP contribution in [0.1, 0.15) is 38.1 Å². The second-order valence-electron chi connectivity index (χ2n) is 6.84. The molecule has 0 N–H and O–H groups in total. The number of fused-ring (bicyclic) bond motifs is 1. The SMILES string of the molecule is CCOCCn1c(=NC(=O)c2cc(OCC)c(OCC)c(OCC)c2)sc2cccc(F)c21. The van der Waals surface area contributed by atoms with Crippen molar-refractivity contribution in [3.63, 3.8) is 0 Å². The lowest BCUT2D eigenvalue weighted by molar-refractivity contribution is 0.0995. The van der Waals surface area contributed by atoms with Crippen molar-refractivity contribution in [2.75, 3.05) is 33.0 Å². The molecule has 0 aliphatic heterocycles. The van der Waals surface area contributed by atoms with Crippen LogP contribution in [0.5, 0.6) is 17.2 Å². The zero-order valence-corrected chi connectivity index (χ0v) is 20.2. The van der Waals surface area contributed by atoms with Gasteiger partial charge in [-0.2, -0.15) is 4.99 Å². The molecular formula is C24H29FN2O5S. The average molecular weight is 477 g/mol. The summed E-state index contributed by atoms with van der Waals surface area (Å²) in [6.45, 7) is 9.96. The van der Waals surface area contributed by atoms with E-state index in [0.717, 1.165) is 0 Å². The molecule has 0 spiro atoms. The van der Waals surface area contributed by atoms with Crippen LogP contribution in [0.15, 0.2) is 35.3 Å². The van der Waals surface area contributed by atoms with Crippen LogP contribution in [-0.2, 0) is 11.3 Å². The molecule has 9 heteroatoms. The highest BCUT2D eigenvalue weighted by atomic mass is 32.1. The highest BCUT2D eigenvalue weighted by Gasteiger charge is 2.19. The summed E-state index contributed by atoms with van der Waals surface area (Å²) >= 11 is 1.25. The number of thiazole rings is 1. The van der Waals surface area contributed by atoms with Crippen molar-refractivity contribution in [2.45, 2.75) is 34.2 Å². The molecule has 7 nitrogen and oxygen atoms in total. The van der Waals surface area contributed by atoms with Gasteiger partial charge in [-0.25, -0.2) is 4.39 Å². The first-order valence-electron chi connectivity index (χ1n) is 11.0. The van der Waals surface area contributed by atoms with Crippen molar-refractivity contribution in [2.24, 2.45) is 4.99 Å². The van der Waals surface area contributed by atoms with Gasteiger partial charge < -0.3 is 23.5 Å². The lowest BCUT2D eigenvalue weighted by Gasteiger charge is -2.16. The Morgan fingerprint density at radius 1 is 1.00 bits per heavy atom. The predicted molar refractivity (Wildman–Crippen MR) is 126 cm³/mol. The molecule has 0 radical (unpaired) electrons. The minimum Gasteiger partial charge on any atom is -0.490 e. The average Bonchev–Trinajstić information content (AvgIpc) is 3.14. The summed E-state index contributed by atoms with van der Waals surface area (Å²) < 4.78 is 39.5. The Morgan fingerprint density at radius 2 is 1.67 bits per heavy atom. The van der Waals surface area contributed by atoms with Crippen LogP contribution in [0.25, 0.3) is 10.2 Å². The summed E-state index contributed by atoms with van der Waals surface area (Å²) in [5.41, 5.74) is 0.699. The van der Waals surface area contributed by atoms with E-state index in [9.17, 15) is 9.18 Å². The normalized spacial score (nSPS) is 11.7. The molecule has 0 saturated carbocycles. The largest absolute Gasteiger partial charge is 0.490 e. The number of hydrogen-bond acceptors (Lipinski definition) is 6. The van der Waals surface area contributed by atoms with Crippen LogP contribution in [0.4, 0.5) is 4.39 Å². The quantitative estimate of drug-likeness (QED) is 0.371. The van der Waals surface area contributed by atoms with Crippen molar-refractivity contribution in [3.8, 4) is 17.2 Å². The number of ether oxygens (including phenoxy) is 4. The van der Waals surface area contributed by atoms with E-state index in [4.69, 9.17) is 18.9 Å². The molecule has 1 aromatic heterocycles. The molecule has 2 aromatic carbocycles. The second-order valence-corrected chi connectivity index (χ2v) is 7.85. The summed E-state index contributed by atoms with van der Waals surface area (Å²) in [4.78, 5) is 17.9. The Balaban J connectivity index is 2.11. The molecule has 0 aliphatic carbocycles. The van der Waals surface area contributed by atoms with Crippen LogP contribution in [-0.4, -0.2) is 43.5 Å². The van der Waals surface area contributed by atoms with E-state index in [0.29, 0.717) is 77.4 Å². The lowest BCUT2D eigenvalue weighted by Crippen LogP contribution is -2.20. The summed E-state index contributed by atoms with van der Waals surface area (Å²) in [6.07, 6.45) is 0. The predicted octanol–water partition coefficient (Wildman–Crippen LogP) is 4.82. The third-order valence-corrected chi connectivity index (χ3v) is 5.71. The molecule has 3 rings (SSSR count). The van der Waals surface area contributed by atoms with Gasteiger partial charge in [-0.1, -0.05) is 17.4 Å². The maximum absolute atomic E-state index is 14.6. The molecule has 3 aromatic rings. The number of halogens is 1. The first-order valence-corrected chi connectivity index (χ1v) is 11.9. The summed E-state index contributed by atoms with van der Waals surface area (Å²) in [5.74, 6) is 0.420. The molecule has 0 bridgehead atoms. The monoisotopic (exact) mass is 476 g/mol. The summed E-state index contributed by atoms with van der Waals surface area (Å²) in [6, 6.07) is 8.04. The van der Waals surface area contributed by atoms with Crippen molar-refractivity contribution in [1.29, 1.82) is 0 Å². The maximum atomic E-state index is 14.6. The van der Waals surface area contributed by atoms with E-state index in [1.54, 1.807) is 28.8 Å². The molecule has 0 atom stereocenters. The van der Waals surface area contributed by atoms with Crippen molar-refractivity contribution < 1.29 is 28.1 Å². The standard InChI is InChI=1S/C24H29FN2O5S/c1-5-29-13-12-27-21-17(25)10-9-11-20(21)33-24(27)26-23(28)16-14-18(30-6-2)22(32-8-4)19(15-16)31-7-3/h9-11,14-15H,5-8,12-13H2,1-4H3. The summed E-state index contributed by atoms with van der Waals surface area (Å²) in [5, 5.41) is 0. The molecule has 178 valence electrons. The number of carbonyl (C=O) groups is 1. The zero-order chi connectivity index (χ0) is 23.8. The van der Waals surface area contributed by atoms with Crippen LogP contribution in [0.3, 0.4) is 0 Å². The Kier molecular flexibility index (Phi) is 8.85. The Labute approximate surface area is 196 Å². The molecule has 1 amide bonds. The highest BCUT2D eigenvalue weighted by molar-refractivity contribution is 7.16. The Bertz CT molecular complexity index is 1140. The van der Waals surface area contributed by atoms with Gasteiger partial charge in [0.15, 0.2) is 16.3 Å². The minimum absolute atomic E-state index is 0.291. The Hall–Kier alpha value is -2.91. The zero-order valence-electron chi connectivity index (χ0n) is 19.4.